The van der Waals surface area contributed by atoms with E-state index in [1.165, 1.54) is 5.56 Å². The highest BCUT2D eigenvalue weighted by atomic mass is 79.9. The highest BCUT2D eigenvalue weighted by Gasteiger charge is 2.27. The van der Waals surface area contributed by atoms with Gasteiger partial charge < -0.3 is 15.2 Å². The van der Waals surface area contributed by atoms with E-state index >= 15 is 0 Å². The molecule has 0 spiro atoms. The molecule has 2 atom stereocenters. The van der Waals surface area contributed by atoms with Gasteiger partial charge in [0, 0.05) is 22.5 Å². The van der Waals surface area contributed by atoms with Gasteiger partial charge in [0.15, 0.2) is 0 Å². The summed E-state index contributed by atoms with van der Waals surface area (Å²) in [6, 6.07) is 12.1. The molecule has 0 aromatic heterocycles. The van der Waals surface area contributed by atoms with Crippen molar-refractivity contribution in [3.63, 3.8) is 0 Å². The molecule has 2 aromatic carbocycles. The minimum absolute atomic E-state index is 0.0159. The van der Waals surface area contributed by atoms with Crippen molar-refractivity contribution in [2.45, 2.75) is 25.5 Å². The lowest BCUT2D eigenvalue weighted by atomic mass is 9.93. The highest BCUT2D eigenvalue weighted by Crippen LogP contribution is 2.41. The first kappa shape index (κ1) is 14.4. The maximum atomic E-state index is 6.32. The summed E-state index contributed by atoms with van der Waals surface area (Å²) in [4.78, 5) is 0. The second kappa shape index (κ2) is 5.70. The molecule has 0 saturated heterocycles. The largest absolute Gasteiger partial charge is 0.497 e. The monoisotopic (exact) mass is 347 g/mol. The quantitative estimate of drug-likeness (QED) is 0.881. The van der Waals surface area contributed by atoms with Crippen LogP contribution in [0.1, 0.15) is 35.3 Å². The minimum Gasteiger partial charge on any atom is -0.497 e. The molecule has 2 unspecified atom stereocenters. The molecule has 0 saturated carbocycles. The average Bonchev–Trinajstić information content (AvgIpc) is 2.49. The van der Waals surface area contributed by atoms with Gasteiger partial charge in [-0.15, -0.1) is 0 Å². The van der Waals surface area contributed by atoms with Gasteiger partial charge >= 0.3 is 0 Å². The number of hydrogen-bond acceptors (Lipinski definition) is 3. The summed E-state index contributed by atoms with van der Waals surface area (Å²) >= 11 is 3.58. The molecule has 3 nitrogen and oxygen atoms in total. The van der Waals surface area contributed by atoms with Crippen LogP contribution in [0, 0.1) is 6.92 Å². The Morgan fingerprint density at radius 2 is 2.05 bits per heavy atom. The standard InChI is InChI=1S/C17H18BrNO2/c1-10-3-4-11(7-14(10)18)17-9-15(19)13-8-12(20-2)5-6-16(13)21-17/h3-8,15,17H,9,19H2,1-2H3. The van der Waals surface area contributed by atoms with Crippen molar-refractivity contribution in [3.05, 3.63) is 57.6 Å². The maximum Gasteiger partial charge on any atom is 0.126 e. The molecule has 1 aliphatic rings. The van der Waals surface area contributed by atoms with E-state index in [4.69, 9.17) is 15.2 Å². The summed E-state index contributed by atoms with van der Waals surface area (Å²) in [5.41, 5.74) is 9.68. The van der Waals surface area contributed by atoms with Gasteiger partial charge in [-0.2, -0.15) is 0 Å². The number of fused-ring (bicyclic) bond motifs is 1. The number of rotatable bonds is 2. The van der Waals surface area contributed by atoms with Gasteiger partial charge in [-0.25, -0.2) is 0 Å². The Bertz CT molecular complexity index is 672. The van der Waals surface area contributed by atoms with Gasteiger partial charge in [0.2, 0.25) is 0 Å². The molecular formula is C17H18BrNO2. The van der Waals surface area contributed by atoms with E-state index < -0.39 is 0 Å². The molecule has 0 fully saturated rings. The van der Waals surface area contributed by atoms with Crippen molar-refractivity contribution in [2.75, 3.05) is 7.11 Å². The summed E-state index contributed by atoms with van der Waals surface area (Å²) < 4.78 is 12.5. The van der Waals surface area contributed by atoms with Crippen LogP contribution in [0.3, 0.4) is 0 Å². The van der Waals surface area contributed by atoms with Crippen molar-refractivity contribution < 1.29 is 9.47 Å². The maximum absolute atomic E-state index is 6.32. The lowest BCUT2D eigenvalue weighted by molar-refractivity contribution is 0.161. The molecule has 0 aliphatic carbocycles. The summed E-state index contributed by atoms with van der Waals surface area (Å²) in [5, 5.41) is 0. The average molecular weight is 348 g/mol. The van der Waals surface area contributed by atoms with Crippen LogP contribution in [0.4, 0.5) is 0 Å². The Morgan fingerprint density at radius 1 is 1.24 bits per heavy atom. The molecule has 4 heteroatoms. The lowest BCUT2D eigenvalue weighted by Crippen LogP contribution is -2.24. The zero-order valence-electron chi connectivity index (χ0n) is 12.1. The Hall–Kier alpha value is -1.52. The van der Waals surface area contributed by atoms with Gasteiger partial charge in [0.1, 0.15) is 17.6 Å². The molecule has 2 aromatic rings. The molecule has 0 amide bonds. The van der Waals surface area contributed by atoms with Crippen LogP contribution in [-0.2, 0) is 0 Å². The van der Waals surface area contributed by atoms with Crippen LogP contribution in [0.25, 0.3) is 0 Å². The van der Waals surface area contributed by atoms with Crippen molar-refractivity contribution in [3.8, 4) is 11.5 Å². The fourth-order valence-corrected chi connectivity index (χ4v) is 3.02. The van der Waals surface area contributed by atoms with Gasteiger partial charge in [0.25, 0.3) is 0 Å². The predicted molar refractivity (Wildman–Crippen MR) is 86.8 cm³/mol. The van der Waals surface area contributed by atoms with Crippen molar-refractivity contribution in [2.24, 2.45) is 5.73 Å². The molecule has 3 rings (SSSR count). The molecule has 110 valence electrons. The Balaban J connectivity index is 1.92. The van der Waals surface area contributed by atoms with Crippen LogP contribution < -0.4 is 15.2 Å². The number of aryl methyl sites for hydroxylation is 1. The van der Waals surface area contributed by atoms with Crippen LogP contribution in [-0.4, -0.2) is 7.11 Å². The van der Waals surface area contributed by atoms with E-state index in [1.54, 1.807) is 7.11 Å². The normalized spacial score (nSPS) is 20.6. The highest BCUT2D eigenvalue weighted by molar-refractivity contribution is 9.10. The van der Waals surface area contributed by atoms with Gasteiger partial charge in [-0.3, -0.25) is 0 Å². The molecule has 2 N–H and O–H groups in total. The Labute approximate surface area is 133 Å². The molecular weight excluding hydrogens is 330 g/mol. The van der Waals surface area contributed by atoms with E-state index in [0.717, 1.165) is 33.5 Å². The second-order valence-electron chi connectivity index (χ2n) is 5.36. The Morgan fingerprint density at radius 3 is 2.76 bits per heavy atom. The molecule has 0 radical (unpaired) electrons. The first-order chi connectivity index (χ1) is 10.1. The number of hydrogen-bond donors (Lipinski definition) is 1. The molecule has 0 bridgehead atoms. The predicted octanol–water partition coefficient (Wildman–Crippen LogP) is 4.29. The summed E-state index contributed by atoms with van der Waals surface area (Å²) in [7, 11) is 1.66. The SMILES string of the molecule is COc1ccc2c(c1)C(N)CC(c1ccc(C)c(Br)c1)O2. The van der Waals surface area contributed by atoms with Gasteiger partial charge in [-0.05, 0) is 42.3 Å². The summed E-state index contributed by atoms with van der Waals surface area (Å²) in [5.74, 6) is 1.65. The van der Waals surface area contributed by atoms with E-state index in [2.05, 4.69) is 41.1 Å². The van der Waals surface area contributed by atoms with Gasteiger partial charge in [-0.1, -0.05) is 28.1 Å². The fourth-order valence-electron chi connectivity index (χ4n) is 2.62. The number of halogens is 1. The van der Waals surface area contributed by atoms with Crippen LogP contribution >= 0.6 is 15.9 Å². The third kappa shape index (κ3) is 2.78. The minimum atomic E-state index is -0.0473. The number of methoxy groups -OCH3 is 1. The van der Waals surface area contributed by atoms with Crippen LogP contribution in [0.2, 0.25) is 0 Å². The lowest BCUT2D eigenvalue weighted by Gasteiger charge is -2.31. The molecule has 1 aliphatic heterocycles. The van der Waals surface area contributed by atoms with Crippen molar-refractivity contribution in [1.82, 2.24) is 0 Å². The van der Waals surface area contributed by atoms with E-state index in [0.29, 0.717) is 0 Å². The third-order valence-corrected chi connectivity index (χ3v) is 4.78. The van der Waals surface area contributed by atoms with E-state index in [9.17, 15) is 0 Å². The zero-order valence-corrected chi connectivity index (χ0v) is 13.7. The zero-order chi connectivity index (χ0) is 15.0. The van der Waals surface area contributed by atoms with Crippen LogP contribution in [0.15, 0.2) is 40.9 Å². The van der Waals surface area contributed by atoms with Gasteiger partial charge in [0.05, 0.1) is 7.11 Å². The number of nitrogens with two attached hydrogens (primary N) is 1. The second-order valence-corrected chi connectivity index (χ2v) is 6.22. The third-order valence-electron chi connectivity index (χ3n) is 3.92. The van der Waals surface area contributed by atoms with E-state index in [-0.39, 0.29) is 12.1 Å². The summed E-state index contributed by atoms with van der Waals surface area (Å²) in [6.07, 6.45) is 0.744. The van der Waals surface area contributed by atoms with Crippen molar-refractivity contribution in [1.29, 1.82) is 0 Å². The number of benzene rings is 2. The molecule has 1 heterocycles. The van der Waals surface area contributed by atoms with Crippen molar-refractivity contribution >= 4 is 15.9 Å². The van der Waals surface area contributed by atoms with Crippen LogP contribution in [0.5, 0.6) is 11.5 Å². The first-order valence-electron chi connectivity index (χ1n) is 6.94. The first-order valence-corrected chi connectivity index (χ1v) is 7.74. The number of ether oxygens (including phenoxy) is 2. The summed E-state index contributed by atoms with van der Waals surface area (Å²) in [6.45, 7) is 2.07. The Kier molecular flexibility index (Phi) is 3.91. The fraction of sp³-hybridized carbons (Fsp3) is 0.294. The smallest absolute Gasteiger partial charge is 0.126 e. The topological polar surface area (TPSA) is 44.5 Å². The molecule has 21 heavy (non-hydrogen) atoms. The van der Waals surface area contributed by atoms with E-state index in [1.807, 2.05) is 18.2 Å².